The zero-order chi connectivity index (χ0) is 13.1. The Labute approximate surface area is 104 Å². The van der Waals surface area contributed by atoms with E-state index in [0.717, 1.165) is 0 Å². The van der Waals surface area contributed by atoms with Crippen molar-refractivity contribution in [3.8, 4) is 5.75 Å². The molecule has 18 heavy (non-hydrogen) atoms. The summed E-state index contributed by atoms with van der Waals surface area (Å²) < 4.78 is 5.07. The lowest BCUT2D eigenvalue weighted by molar-refractivity contribution is 0.0991. The molecule has 4 nitrogen and oxygen atoms in total. The summed E-state index contributed by atoms with van der Waals surface area (Å²) in [6, 6.07) is 8.65. The number of ketones is 1. The van der Waals surface area contributed by atoms with Gasteiger partial charge in [0.15, 0.2) is 11.5 Å². The molecule has 0 atom stereocenters. The van der Waals surface area contributed by atoms with Gasteiger partial charge < -0.3 is 4.74 Å². The zero-order valence-electron chi connectivity index (χ0n) is 9.93. The average molecular weight is 244 g/mol. The van der Waals surface area contributed by atoms with Crippen LogP contribution in [0.5, 0.6) is 5.75 Å². The van der Waals surface area contributed by atoms with Crippen LogP contribution < -0.4 is 15.6 Å². The standard InChI is InChI=1S/C14H12O4/c1-2-18-14-10(12(16)13(14)17)8-11(15)9-6-4-3-5-7-9/h3-7H,2,8H2,1H3. The topological polar surface area (TPSA) is 60.4 Å². The van der Waals surface area contributed by atoms with Gasteiger partial charge in [-0.3, -0.25) is 14.4 Å². The Balaban J connectivity index is 2.21. The van der Waals surface area contributed by atoms with Gasteiger partial charge in [0.25, 0.3) is 5.43 Å². The van der Waals surface area contributed by atoms with Crippen molar-refractivity contribution in [1.29, 1.82) is 0 Å². The van der Waals surface area contributed by atoms with Crippen LogP contribution in [0.25, 0.3) is 0 Å². The third kappa shape index (κ3) is 2.09. The molecule has 0 amide bonds. The van der Waals surface area contributed by atoms with E-state index in [9.17, 15) is 14.4 Å². The molecule has 0 aliphatic heterocycles. The fourth-order valence-corrected chi connectivity index (χ4v) is 1.76. The van der Waals surface area contributed by atoms with Gasteiger partial charge in [-0.2, -0.15) is 0 Å². The highest BCUT2D eigenvalue weighted by Gasteiger charge is 2.24. The zero-order valence-corrected chi connectivity index (χ0v) is 9.93. The average Bonchev–Trinajstić information content (AvgIpc) is 2.43. The van der Waals surface area contributed by atoms with Crippen molar-refractivity contribution in [2.24, 2.45) is 0 Å². The van der Waals surface area contributed by atoms with E-state index in [-0.39, 0.29) is 23.5 Å². The maximum atomic E-state index is 11.9. The summed E-state index contributed by atoms with van der Waals surface area (Å²) in [4.78, 5) is 34.5. The minimum absolute atomic E-state index is 0.0479. The quantitative estimate of drug-likeness (QED) is 0.584. The third-order valence-electron chi connectivity index (χ3n) is 2.68. The molecule has 0 spiro atoms. The summed E-state index contributed by atoms with van der Waals surface area (Å²) in [7, 11) is 0. The summed E-state index contributed by atoms with van der Waals surface area (Å²) in [6.07, 6.45) is -0.0794. The summed E-state index contributed by atoms with van der Waals surface area (Å²) >= 11 is 0. The number of hydrogen-bond acceptors (Lipinski definition) is 4. The van der Waals surface area contributed by atoms with Gasteiger partial charge in [0.1, 0.15) is 0 Å². The fourth-order valence-electron chi connectivity index (χ4n) is 1.76. The molecule has 0 radical (unpaired) electrons. The second kappa shape index (κ2) is 4.96. The van der Waals surface area contributed by atoms with Crippen LogP contribution in [0, 0.1) is 0 Å². The molecule has 2 rings (SSSR count). The maximum Gasteiger partial charge on any atom is 0.268 e. The number of hydrogen-bond donors (Lipinski definition) is 0. The molecule has 0 fully saturated rings. The molecule has 0 N–H and O–H groups in total. The van der Waals surface area contributed by atoms with E-state index in [0.29, 0.717) is 12.2 Å². The molecule has 0 bridgehead atoms. The van der Waals surface area contributed by atoms with Crippen LogP contribution in [0.2, 0.25) is 0 Å². The predicted molar refractivity (Wildman–Crippen MR) is 67.0 cm³/mol. The van der Waals surface area contributed by atoms with E-state index in [2.05, 4.69) is 0 Å². The Morgan fingerprint density at radius 3 is 2.39 bits per heavy atom. The largest absolute Gasteiger partial charge is 0.489 e. The molecule has 92 valence electrons. The Morgan fingerprint density at radius 2 is 1.78 bits per heavy atom. The molecule has 0 aliphatic carbocycles. The Hall–Kier alpha value is -2.23. The van der Waals surface area contributed by atoms with E-state index in [1.54, 1.807) is 37.3 Å². The summed E-state index contributed by atoms with van der Waals surface area (Å²) in [5.74, 6) is -0.143. The lowest BCUT2D eigenvalue weighted by Gasteiger charge is -2.10. The first-order valence-electron chi connectivity index (χ1n) is 5.68. The van der Waals surface area contributed by atoms with E-state index < -0.39 is 10.9 Å². The fraction of sp³-hybridized carbons (Fsp3) is 0.214. The van der Waals surface area contributed by atoms with Gasteiger partial charge in [-0.05, 0) is 6.92 Å². The van der Waals surface area contributed by atoms with Crippen LogP contribution in [0.4, 0.5) is 0 Å². The van der Waals surface area contributed by atoms with Crippen molar-refractivity contribution in [3.63, 3.8) is 0 Å². The van der Waals surface area contributed by atoms with Crippen LogP contribution in [0.3, 0.4) is 0 Å². The van der Waals surface area contributed by atoms with Crippen LogP contribution in [0.1, 0.15) is 22.8 Å². The first-order valence-corrected chi connectivity index (χ1v) is 5.68. The number of carbonyl (C=O) groups excluding carboxylic acids is 1. The number of benzene rings is 1. The van der Waals surface area contributed by atoms with E-state index in [4.69, 9.17) is 4.74 Å². The number of rotatable bonds is 5. The maximum absolute atomic E-state index is 11.9. The minimum atomic E-state index is -0.632. The highest BCUT2D eigenvalue weighted by atomic mass is 16.5. The number of Topliss-reactive ketones (excluding diaryl/α,β-unsaturated/α-hetero) is 1. The minimum Gasteiger partial charge on any atom is -0.489 e. The Kier molecular flexibility index (Phi) is 3.37. The number of carbonyl (C=O) groups is 1. The SMILES string of the molecule is CCOc1c(CC(=O)c2ccccc2)c(=O)c1=O. The normalized spacial score (nSPS) is 10.5. The first-order chi connectivity index (χ1) is 8.65. The Bertz CT molecular complexity index is 633. The number of ether oxygens (including phenoxy) is 1. The third-order valence-corrected chi connectivity index (χ3v) is 2.68. The second-order valence-electron chi connectivity index (χ2n) is 3.86. The highest BCUT2D eigenvalue weighted by molar-refractivity contribution is 5.97. The second-order valence-corrected chi connectivity index (χ2v) is 3.86. The van der Waals surface area contributed by atoms with Gasteiger partial charge in [-0.1, -0.05) is 30.3 Å². The van der Waals surface area contributed by atoms with E-state index in [1.165, 1.54) is 0 Å². The van der Waals surface area contributed by atoms with Crippen LogP contribution in [-0.2, 0) is 6.42 Å². The summed E-state index contributed by atoms with van der Waals surface area (Å²) in [6.45, 7) is 2.02. The molecule has 0 aliphatic rings. The van der Waals surface area contributed by atoms with Crippen molar-refractivity contribution < 1.29 is 9.53 Å². The van der Waals surface area contributed by atoms with Gasteiger partial charge in [-0.15, -0.1) is 0 Å². The van der Waals surface area contributed by atoms with E-state index >= 15 is 0 Å². The van der Waals surface area contributed by atoms with E-state index in [1.807, 2.05) is 0 Å². The van der Waals surface area contributed by atoms with Crippen LogP contribution in [0.15, 0.2) is 39.9 Å². The van der Waals surface area contributed by atoms with Gasteiger partial charge in [0, 0.05) is 12.0 Å². The smallest absolute Gasteiger partial charge is 0.268 e. The van der Waals surface area contributed by atoms with Crippen molar-refractivity contribution in [2.75, 3.05) is 6.61 Å². The predicted octanol–water partition coefficient (Wildman–Crippen LogP) is 1.11. The van der Waals surface area contributed by atoms with Crippen molar-refractivity contribution >= 4 is 5.78 Å². The van der Waals surface area contributed by atoms with Crippen molar-refractivity contribution in [3.05, 3.63) is 61.9 Å². The summed E-state index contributed by atoms with van der Waals surface area (Å²) in [5, 5.41) is 0. The molecule has 0 unspecified atom stereocenters. The molecule has 2 aromatic carbocycles. The monoisotopic (exact) mass is 244 g/mol. The lowest BCUT2D eigenvalue weighted by atomic mass is 9.99. The lowest BCUT2D eigenvalue weighted by Crippen LogP contribution is -2.38. The molecule has 0 saturated heterocycles. The summed E-state index contributed by atoms with van der Waals surface area (Å²) in [5.41, 5.74) is -0.529. The molecular formula is C14H12O4. The molecule has 2 aromatic rings. The van der Waals surface area contributed by atoms with Gasteiger partial charge >= 0.3 is 0 Å². The molecular weight excluding hydrogens is 232 g/mol. The molecule has 4 heteroatoms. The van der Waals surface area contributed by atoms with Gasteiger partial charge in [-0.25, -0.2) is 0 Å². The molecule has 0 aromatic heterocycles. The van der Waals surface area contributed by atoms with Crippen LogP contribution >= 0.6 is 0 Å². The molecule has 0 saturated carbocycles. The van der Waals surface area contributed by atoms with Gasteiger partial charge in [0.05, 0.1) is 12.2 Å². The van der Waals surface area contributed by atoms with Crippen molar-refractivity contribution in [1.82, 2.24) is 0 Å². The van der Waals surface area contributed by atoms with Crippen LogP contribution in [-0.4, -0.2) is 12.4 Å². The van der Waals surface area contributed by atoms with Gasteiger partial charge in [0.2, 0.25) is 5.43 Å². The van der Waals surface area contributed by atoms with Crippen molar-refractivity contribution in [2.45, 2.75) is 13.3 Å². The highest BCUT2D eigenvalue weighted by Crippen LogP contribution is 2.14. The Morgan fingerprint density at radius 1 is 1.11 bits per heavy atom. The first kappa shape index (κ1) is 12.2. The molecule has 0 heterocycles.